The Hall–Kier alpha value is -2.55. The number of carbonyl (C=O) groups excluding carboxylic acids is 1. The third kappa shape index (κ3) is 3.19. The number of fused-ring (bicyclic) bond motifs is 1. The summed E-state index contributed by atoms with van der Waals surface area (Å²) in [4.78, 5) is 17.6. The maximum Gasteiger partial charge on any atom is 0.227 e. The van der Waals surface area contributed by atoms with Crippen molar-refractivity contribution in [1.82, 2.24) is 9.88 Å². The van der Waals surface area contributed by atoms with Gasteiger partial charge in [-0.05, 0) is 35.6 Å². The van der Waals surface area contributed by atoms with Gasteiger partial charge in [0.2, 0.25) is 5.91 Å². The molecule has 0 radical (unpaired) electrons. The zero-order valence-corrected chi connectivity index (χ0v) is 12.8. The summed E-state index contributed by atoms with van der Waals surface area (Å²) in [7, 11) is 0. The Morgan fingerprint density at radius 2 is 1.86 bits per heavy atom. The fourth-order valence-corrected chi connectivity index (χ4v) is 2.67. The smallest absolute Gasteiger partial charge is 0.227 e. The van der Waals surface area contributed by atoms with Crippen molar-refractivity contribution in [2.75, 3.05) is 6.54 Å². The minimum Gasteiger partial charge on any atom is -0.361 e. The van der Waals surface area contributed by atoms with Gasteiger partial charge in [0.05, 0.1) is 6.42 Å². The maximum absolute atomic E-state index is 12.5. The number of nitrogens with zero attached hydrogens (tertiary/aromatic N) is 1. The zero-order chi connectivity index (χ0) is 15.4. The Labute approximate surface area is 130 Å². The van der Waals surface area contributed by atoms with Crippen LogP contribution in [0, 0.1) is 0 Å². The van der Waals surface area contributed by atoms with Crippen LogP contribution < -0.4 is 0 Å². The maximum atomic E-state index is 12.5. The third-order valence-electron chi connectivity index (χ3n) is 3.93. The highest BCUT2D eigenvalue weighted by atomic mass is 16.2. The number of hydrogen-bond donors (Lipinski definition) is 1. The molecule has 0 unspecified atom stereocenters. The molecule has 0 bridgehead atoms. The number of H-pyrrole nitrogens is 1. The fourth-order valence-electron chi connectivity index (χ4n) is 2.67. The molecule has 0 spiro atoms. The first-order valence-electron chi connectivity index (χ1n) is 7.64. The van der Waals surface area contributed by atoms with Crippen molar-refractivity contribution in [3.05, 3.63) is 71.9 Å². The number of likely N-dealkylation sites (N-methyl/N-ethyl adjacent to an activating group) is 1. The molecule has 0 aliphatic carbocycles. The molecule has 1 amide bonds. The number of aromatic nitrogens is 1. The molecule has 1 N–H and O–H groups in total. The van der Waals surface area contributed by atoms with E-state index in [0.29, 0.717) is 13.0 Å². The van der Waals surface area contributed by atoms with Crippen molar-refractivity contribution in [3.8, 4) is 0 Å². The number of carbonyl (C=O) groups is 1. The second kappa shape index (κ2) is 6.48. The molecule has 3 aromatic rings. The van der Waals surface area contributed by atoms with Crippen molar-refractivity contribution in [3.63, 3.8) is 0 Å². The average Bonchev–Trinajstić information content (AvgIpc) is 3.01. The van der Waals surface area contributed by atoms with Gasteiger partial charge >= 0.3 is 0 Å². The van der Waals surface area contributed by atoms with Crippen molar-refractivity contribution in [1.29, 1.82) is 0 Å². The van der Waals surface area contributed by atoms with Crippen LogP contribution in [0.3, 0.4) is 0 Å². The first-order chi connectivity index (χ1) is 10.8. The number of benzene rings is 2. The normalized spacial score (nSPS) is 10.8. The van der Waals surface area contributed by atoms with E-state index < -0.39 is 0 Å². The van der Waals surface area contributed by atoms with Crippen molar-refractivity contribution in [2.45, 2.75) is 19.9 Å². The summed E-state index contributed by atoms with van der Waals surface area (Å²) in [6.07, 6.45) is 2.36. The van der Waals surface area contributed by atoms with E-state index in [1.54, 1.807) is 0 Å². The molecule has 3 heteroatoms. The molecular formula is C19H20N2O. The van der Waals surface area contributed by atoms with Crippen molar-refractivity contribution < 1.29 is 4.79 Å². The molecule has 3 rings (SSSR count). The molecule has 0 aliphatic heterocycles. The Bertz CT molecular complexity index is 761. The minimum atomic E-state index is 0.164. The lowest BCUT2D eigenvalue weighted by atomic mass is 10.1. The van der Waals surface area contributed by atoms with E-state index in [2.05, 4.69) is 29.2 Å². The van der Waals surface area contributed by atoms with E-state index in [4.69, 9.17) is 0 Å². The van der Waals surface area contributed by atoms with Crippen LogP contribution in [0.15, 0.2) is 60.8 Å². The Morgan fingerprint density at radius 3 is 2.64 bits per heavy atom. The van der Waals surface area contributed by atoms with Crippen LogP contribution in [0.1, 0.15) is 18.1 Å². The van der Waals surface area contributed by atoms with E-state index in [1.807, 2.05) is 48.4 Å². The van der Waals surface area contributed by atoms with Crippen molar-refractivity contribution >= 4 is 16.8 Å². The monoisotopic (exact) mass is 292 g/mol. The lowest BCUT2D eigenvalue weighted by Gasteiger charge is -2.21. The van der Waals surface area contributed by atoms with E-state index in [0.717, 1.165) is 23.2 Å². The number of nitrogens with one attached hydrogen (secondary N) is 1. The van der Waals surface area contributed by atoms with E-state index in [9.17, 15) is 4.79 Å². The van der Waals surface area contributed by atoms with Gasteiger partial charge in [0.25, 0.3) is 0 Å². The van der Waals surface area contributed by atoms with Crippen LogP contribution >= 0.6 is 0 Å². The largest absolute Gasteiger partial charge is 0.361 e. The Morgan fingerprint density at radius 1 is 1.05 bits per heavy atom. The predicted molar refractivity (Wildman–Crippen MR) is 89.5 cm³/mol. The molecular weight excluding hydrogens is 272 g/mol. The van der Waals surface area contributed by atoms with Crippen LogP contribution in [0.25, 0.3) is 10.9 Å². The molecule has 0 fully saturated rings. The molecule has 3 nitrogen and oxygen atoms in total. The van der Waals surface area contributed by atoms with Gasteiger partial charge < -0.3 is 9.88 Å². The van der Waals surface area contributed by atoms with Gasteiger partial charge in [0.1, 0.15) is 0 Å². The van der Waals surface area contributed by atoms with Crippen LogP contribution in [-0.4, -0.2) is 22.3 Å². The number of rotatable bonds is 5. The molecule has 0 saturated heterocycles. The summed E-state index contributed by atoms with van der Waals surface area (Å²) >= 11 is 0. The SMILES string of the molecule is CCN(Cc1ccccc1)C(=O)Cc1ccc2cc[nH]c2c1. The molecule has 1 aromatic heterocycles. The third-order valence-corrected chi connectivity index (χ3v) is 3.93. The molecule has 0 saturated carbocycles. The highest BCUT2D eigenvalue weighted by Gasteiger charge is 2.13. The second-order valence-corrected chi connectivity index (χ2v) is 5.47. The molecule has 112 valence electrons. The van der Waals surface area contributed by atoms with Gasteiger partial charge in [0.15, 0.2) is 0 Å². The summed E-state index contributed by atoms with van der Waals surface area (Å²) in [5, 5.41) is 1.17. The van der Waals surface area contributed by atoms with Crippen molar-refractivity contribution in [2.24, 2.45) is 0 Å². The van der Waals surface area contributed by atoms with E-state index in [1.165, 1.54) is 5.39 Å². The minimum absolute atomic E-state index is 0.164. The predicted octanol–water partition coefficient (Wildman–Crippen LogP) is 3.76. The average molecular weight is 292 g/mol. The zero-order valence-electron chi connectivity index (χ0n) is 12.8. The molecule has 2 aromatic carbocycles. The van der Waals surface area contributed by atoms with E-state index >= 15 is 0 Å². The number of hydrogen-bond acceptors (Lipinski definition) is 1. The van der Waals surface area contributed by atoms with Gasteiger partial charge in [-0.2, -0.15) is 0 Å². The molecule has 0 atom stereocenters. The van der Waals surface area contributed by atoms with Gasteiger partial charge in [0, 0.05) is 24.8 Å². The number of aromatic amines is 1. The molecule has 1 heterocycles. The van der Waals surface area contributed by atoms with Crippen LogP contribution in [-0.2, 0) is 17.8 Å². The van der Waals surface area contributed by atoms with Crippen LogP contribution in [0.2, 0.25) is 0 Å². The topological polar surface area (TPSA) is 36.1 Å². The summed E-state index contributed by atoms with van der Waals surface area (Å²) in [6, 6.07) is 18.3. The van der Waals surface area contributed by atoms with Gasteiger partial charge in [-0.15, -0.1) is 0 Å². The lowest BCUT2D eigenvalue weighted by Crippen LogP contribution is -2.31. The summed E-state index contributed by atoms with van der Waals surface area (Å²) in [5.41, 5.74) is 3.29. The highest BCUT2D eigenvalue weighted by molar-refractivity contribution is 5.83. The van der Waals surface area contributed by atoms with Gasteiger partial charge in [-0.1, -0.05) is 42.5 Å². The quantitative estimate of drug-likeness (QED) is 0.763. The summed E-state index contributed by atoms with van der Waals surface area (Å²) in [6.45, 7) is 3.41. The summed E-state index contributed by atoms with van der Waals surface area (Å²) in [5.74, 6) is 0.164. The first-order valence-corrected chi connectivity index (χ1v) is 7.64. The lowest BCUT2D eigenvalue weighted by molar-refractivity contribution is -0.130. The van der Waals surface area contributed by atoms with Gasteiger partial charge in [-0.25, -0.2) is 0 Å². The highest BCUT2D eigenvalue weighted by Crippen LogP contribution is 2.15. The fraction of sp³-hybridized carbons (Fsp3) is 0.211. The van der Waals surface area contributed by atoms with Crippen LogP contribution in [0.5, 0.6) is 0 Å². The Balaban J connectivity index is 1.71. The summed E-state index contributed by atoms with van der Waals surface area (Å²) < 4.78 is 0. The van der Waals surface area contributed by atoms with Gasteiger partial charge in [-0.3, -0.25) is 4.79 Å². The molecule has 22 heavy (non-hydrogen) atoms. The number of amides is 1. The standard InChI is InChI=1S/C19H20N2O/c1-2-21(14-15-6-4-3-5-7-15)19(22)13-16-8-9-17-10-11-20-18(17)12-16/h3-12,20H,2,13-14H2,1H3. The Kier molecular flexibility index (Phi) is 4.24. The van der Waals surface area contributed by atoms with E-state index in [-0.39, 0.29) is 5.91 Å². The first kappa shape index (κ1) is 14.4. The molecule has 0 aliphatic rings. The second-order valence-electron chi connectivity index (χ2n) is 5.47. The van der Waals surface area contributed by atoms with Crippen LogP contribution in [0.4, 0.5) is 0 Å².